The SMILES string of the molecule is CC1(C2COCC2CO[Si](c2ccccc2)(c2ccccc2)C(C)(C)C)OCCC1O. The van der Waals surface area contributed by atoms with Crippen LogP contribution in [0.1, 0.15) is 34.1 Å². The first-order valence-electron chi connectivity index (χ1n) is 11.4. The van der Waals surface area contributed by atoms with Crippen LogP contribution in [0.2, 0.25) is 5.04 Å². The summed E-state index contributed by atoms with van der Waals surface area (Å²) in [7, 11) is -2.59. The van der Waals surface area contributed by atoms with Crippen molar-refractivity contribution < 1.29 is 19.0 Å². The zero-order valence-electron chi connectivity index (χ0n) is 19.2. The molecule has 168 valence electrons. The third-order valence-electron chi connectivity index (χ3n) is 7.33. The molecule has 5 heteroatoms. The highest BCUT2D eigenvalue weighted by molar-refractivity contribution is 6.99. The third kappa shape index (κ3) is 4.03. The van der Waals surface area contributed by atoms with E-state index in [9.17, 15) is 5.11 Å². The number of hydrogen-bond donors (Lipinski definition) is 1. The van der Waals surface area contributed by atoms with Gasteiger partial charge in [-0.25, -0.2) is 0 Å². The predicted molar refractivity (Wildman–Crippen MR) is 126 cm³/mol. The molecule has 0 saturated carbocycles. The molecule has 31 heavy (non-hydrogen) atoms. The minimum atomic E-state index is -2.59. The molecule has 2 fully saturated rings. The van der Waals surface area contributed by atoms with Gasteiger partial charge >= 0.3 is 0 Å². The van der Waals surface area contributed by atoms with E-state index in [4.69, 9.17) is 13.9 Å². The van der Waals surface area contributed by atoms with Crippen LogP contribution in [0.15, 0.2) is 60.7 Å². The van der Waals surface area contributed by atoms with Crippen molar-refractivity contribution in [3.63, 3.8) is 0 Å². The molecular formula is C26H36O4Si. The summed E-state index contributed by atoms with van der Waals surface area (Å²) in [5.41, 5.74) is -0.560. The van der Waals surface area contributed by atoms with E-state index in [1.54, 1.807) is 0 Å². The lowest BCUT2D eigenvalue weighted by Gasteiger charge is -2.44. The van der Waals surface area contributed by atoms with E-state index in [2.05, 4.69) is 81.4 Å². The van der Waals surface area contributed by atoms with E-state index in [1.165, 1.54) is 10.4 Å². The predicted octanol–water partition coefficient (Wildman–Crippen LogP) is 3.37. The van der Waals surface area contributed by atoms with Gasteiger partial charge in [-0.05, 0) is 28.8 Å². The summed E-state index contributed by atoms with van der Waals surface area (Å²) in [4.78, 5) is 0. The molecule has 0 radical (unpaired) electrons. The van der Waals surface area contributed by atoms with E-state index in [1.807, 2.05) is 6.92 Å². The van der Waals surface area contributed by atoms with Gasteiger partial charge in [0.15, 0.2) is 0 Å². The first kappa shape index (κ1) is 22.7. The highest BCUT2D eigenvalue weighted by atomic mass is 28.4. The second-order valence-electron chi connectivity index (χ2n) is 10.2. The van der Waals surface area contributed by atoms with Gasteiger partial charge in [0.1, 0.15) is 0 Å². The van der Waals surface area contributed by atoms with Crippen molar-refractivity contribution in [2.75, 3.05) is 26.4 Å². The zero-order valence-corrected chi connectivity index (χ0v) is 20.2. The van der Waals surface area contributed by atoms with Gasteiger partial charge in [-0.15, -0.1) is 0 Å². The fourth-order valence-electron chi connectivity index (χ4n) is 5.52. The van der Waals surface area contributed by atoms with Crippen molar-refractivity contribution in [1.82, 2.24) is 0 Å². The number of benzene rings is 2. The fraction of sp³-hybridized carbons (Fsp3) is 0.538. The summed E-state index contributed by atoms with van der Waals surface area (Å²) in [6, 6.07) is 21.5. The van der Waals surface area contributed by atoms with Gasteiger partial charge in [-0.2, -0.15) is 0 Å². The van der Waals surface area contributed by atoms with Crippen LogP contribution in [-0.4, -0.2) is 51.6 Å². The van der Waals surface area contributed by atoms with Crippen molar-refractivity contribution in [3.8, 4) is 0 Å². The summed E-state index contributed by atoms with van der Waals surface area (Å²) in [6.07, 6.45) is 0.240. The van der Waals surface area contributed by atoms with E-state index < -0.39 is 20.0 Å². The highest BCUT2D eigenvalue weighted by Crippen LogP contribution is 2.42. The topological polar surface area (TPSA) is 47.9 Å². The summed E-state index contributed by atoms with van der Waals surface area (Å²) >= 11 is 0. The first-order chi connectivity index (χ1) is 14.8. The molecule has 4 nitrogen and oxygen atoms in total. The van der Waals surface area contributed by atoms with E-state index in [0.29, 0.717) is 32.8 Å². The van der Waals surface area contributed by atoms with Crippen LogP contribution < -0.4 is 10.4 Å². The molecule has 0 aromatic heterocycles. The number of hydrogen-bond acceptors (Lipinski definition) is 4. The third-order valence-corrected chi connectivity index (χ3v) is 12.3. The minimum absolute atomic E-state index is 0.0576. The molecule has 0 aliphatic carbocycles. The summed E-state index contributed by atoms with van der Waals surface area (Å²) in [5, 5.41) is 13.1. The van der Waals surface area contributed by atoms with Crippen LogP contribution in [-0.2, 0) is 13.9 Å². The Hall–Kier alpha value is -1.50. The molecule has 0 bridgehead atoms. The molecule has 2 aromatic carbocycles. The molecular weight excluding hydrogens is 404 g/mol. The first-order valence-corrected chi connectivity index (χ1v) is 13.3. The molecule has 4 unspecified atom stereocenters. The Morgan fingerprint density at radius 3 is 2.06 bits per heavy atom. The minimum Gasteiger partial charge on any atom is -0.407 e. The molecule has 2 aliphatic rings. The fourth-order valence-corrected chi connectivity index (χ4v) is 10.1. The number of rotatable bonds is 6. The molecule has 0 spiro atoms. The monoisotopic (exact) mass is 440 g/mol. The lowest BCUT2D eigenvalue weighted by Crippen LogP contribution is -2.67. The van der Waals surface area contributed by atoms with Crippen LogP contribution in [0.5, 0.6) is 0 Å². The zero-order chi connectivity index (χ0) is 22.1. The van der Waals surface area contributed by atoms with Gasteiger partial charge < -0.3 is 19.0 Å². The Balaban J connectivity index is 1.69. The smallest absolute Gasteiger partial charge is 0.261 e. The second-order valence-corrected chi connectivity index (χ2v) is 14.5. The standard InChI is InChI=1S/C26H36O4Si/c1-25(2,3)31(21-11-7-5-8-12-21,22-13-9-6-10-14-22)30-18-20-17-28-19-23(20)26(4)24(27)15-16-29-26/h5-14,20,23-24,27H,15-19H2,1-4H3. The van der Waals surface area contributed by atoms with Crippen LogP contribution >= 0.6 is 0 Å². The van der Waals surface area contributed by atoms with Crippen LogP contribution in [0.25, 0.3) is 0 Å². The van der Waals surface area contributed by atoms with Gasteiger partial charge in [0.25, 0.3) is 8.32 Å². The molecule has 2 aliphatic heterocycles. The van der Waals surface area contributed by atoms with Gasteiger partial charge in [0, 0.05) is 18.4 Å². The molecule has 4 rings (SSSR count). The molecule has 0 amide bonds. The largest absolute Gasteiger partial charge is 0.407 e. The maximum atomic E-state index is 10.6. The second kappa shape index (κ2) is 8.79. The molecule has 4 atom stereocenters. The van der Waals surface area contributed by atoms with Gasteiger partial charge in [-0.3, -0.25) is 0 Å². The van der Waals surface area contributed by atoms with E-state index in [-0.39, 0.29) is 16.9 Å². The Morgan fingerprint density at radius 1 is 1.00 bits per heavy atom. The maximum Gasteiger partial charge on any atom is 0.261 e. The number of ether oxygens (including phenoxy) is 2. The lowest BCUT2D eigenvalue weighted by atomic mass is 9.78. The Kier molecular flexibility index (Phi) is 6.43. The summed E-state index contributed by atoms with van der Waals surface area (Å²) < 4.78 is 19.1. The van der Waals surface area contributed by atoms with Gasteiger partial charge in [0.2, 0.25) is 0 Å². The Labute approximate surface area is 187 Å². The number of aliphatic hydroxyl groups excluding tert-OH is 1. The van der Waals surface area contributed by atoms with Crippen molar-refractivity contribution in [2.45, 2.75) is 50.9 Å². The number of aliphatic hydroxyl groups is 1. The normalized spacial score (nSPS) is 29.4. The van der Waals surface area contributed by atoms with Crippen molar-refractivity contribution in [3.05, 3.63) is 60.7 Å². The Morgan fingerprint density at radius 2 is 1.58 bits per heavy atom. The van der Waals surface area contributed by atoms with E-state index >= 15 is 0 Å². The average molecular weight is 441 g/mol. The highest BCUT2D eigenvalue weighted by Gasteiger charge is 2.54. The molecule has 2 aromatic rings. The van der Waals surface area contributed by atoms with Gasteiger partial charge in [-0.1, -0.05) is 81.4 Å². The molecule has 1 N–H and O–H groups in total. The van der Waals surface area contributed by atoms with Crippen LogP contribution in [0.3, 0.4) is 0 Å². The molecule has 2 saturated heterocycles. The average Bonchev–Trinajstić information content (AvgIpc) is 3.36. The van der Waals surface area contributed by atoms with Crippen molar-refractivity contribution >= 4 is 18.7 Å². The lowest BCUT2D eigenvalue weighted by molar-refractivity contribution is -0.0976. The summed E-state index contributed by atoms with van der Waals surface area (Å²) in [5.74, 6) is 0.322. The Bertz CT molecular complexity index is 811. The van der Waals surface area contributed by atoms with Gasteiger partial charge in [0.05, 0.1) is 31.5 Å². The maximum absolute atomic E-state index is 10.6. The van der Waals surface area contributed by atoms with E-state index in [0.717, 1.165) is 0 Å². The quantitative estimate of drug-likeness (QED) is 0.700. The summed E-state index contributed by atoms with van der Waals surface area (Å²) in [6.45, 7) is 11.4. The molecule has 2 heterocycles. The van der Waals surface area contributed by atoms with Crippen molar-refractivity contribution in [2.24, 2.45) is 11.8 Å². The van der Waals surface area contributed by atoms with Crippen LogP contribution in [0, 0.1) is 11.8 Å². The van der Waals surface area contributed by atoms with Crippen molar-refractivity contribution in [1.29, 1.82) is 0 Å². The van der Waals surface area contributed by atoms with Crippen LogP contribution in [0.4, 0.5) is 0 Å².